The number of alkyl halides is 3. The largest absolute Gasteiger partial charge is 0.497 e. The summed E-state index contributed by atoms with van der Waals surface area (Å²) in [5, 5.41) is 2.63. The van der Waals surface area contributed by atoms with E-state index < -0.39 is 24.2 Å². The summed E-state index contributed by atoms with van der Waals surface area (Å²) in [6.45, 7) is 0.502. The number of benzene rings is 1. The lowest BCUT2D eigenvalue weighted by atomic mass is 9.79. The number of methoxy groups -OCH3 is 1. The van der Waals surface area contributed by atoms with Crippen molar-refractivity contribution in [1.29, 1.82) is 0 Å². The van der Waals surface area contributed by atoms with Gasteiger partial charge in [0, 0.05) is 23.8 Å². The number of anilines is 1. The zero-order valence-corrected chi connectivity index (χ0v) is 11.0. The van der Waals surface area contributed by atoms with Crippen LogP contribution in [-0.4, -0.2) is 25.9 Å². The van der Waals surface area contributed by atoms with E-state index >= 15 is 0 Å². The van der Waals surface area contributed by atoms with Crippen LogP contribution >= 0.6 is 0 Å². The lowest BCUT2D eigenvalue weighted by Crippen LogP contribution is -2.49. The van der Waals surface area contributed by atoms with Crippen molar-refractivity contribution in [2.75, 3.05) is 19.0 Å². The Morgan fingerprint density at radius 2 is 2.15 bits per heavy atom. The van der Waals surface area contributed by atoms with Crippen molar-refractivity contribution >= 4 is 5.69 Å². The van der Waals surface area contributed by atoms with Gasteiger partial charge in [-0.1, -0.05) is 0 Å². The number of halogens is 3. The summed E-state index contributed by atoms with van der Waals surface area (Å²) in [6, 6.07) is 3.50. The van der Waals surface area contributed by atoms with Crippen LogP contribution < -0.4 is 10.1 Å². The summed E-state index contributed by atoms with van der Waals surface area (Å²) in [5.41, 5.74) is 1.24. The number of ether oxygens (including phenoxy) is 2. The van der Waals surface area contributed by atoms with Crippen LogP contribution in [0.5, 0.6) is 5.75 Å². The zero-order valence-electron chi connectivity index (χ0n) is 11.0. The molecule has 0 radical (unpaired) electrons. The van der Waals surface area contributed by atoms with E-state index in [9.17, 15) is 13.2 Å². The molecule has 0 bridgehead atoms. The van der Waals surface area contributed by atoms with Crippen molar-refractivity contribution in [2.45, 2.75) is 31.2 Å². The third-order valence-electron chi connectivity index (χ3n) is 4.03. The third kappa shape index (κ3) is 2.22. The maximum absolute atomic E-state index is 13.2. The summed E-state index contributed by atoms with van der Waals surface area (Å²) in [4.78, 5) is 0. The van der Waals surface area contributed by atoms with Crippen molar-refractivity contribution in [2.24, 2.45) is 5.92 Å². The highest BCUT2D eigenvalue weighted by molar-refractivity contribution is 5.58. The minimum atomic E-state index is -4.28. The van der Waals surface area contributed by atoms with Crippen molar-refractivity contribution in [1.82, 2.24) is 0 Å². The van der Waals surface area contributed by atoms with Crippen LogP contribution in [0.2, 0.25) is 0 Å². The Labute approximate surface area is 115 Å². The first-order valence-electron chi connectivity index (χ1n) is 6.63. The van der Waals surface area contributed by atoms with E-state index in [1.165, 1.54) is 7.11 Å². The van der Waals surface area contributed by atoms with E-state index in [4.69, 9.17) is 9.47 Å². The molecule has 2 aliphatic heterocycles. The van der Waals surface area contributed by atoms with Crippen molar-refractivity contribution in [3.63, 3.8) is 0 Å². The van der Waals surface area contributed by atoms with Gasteiger partial charge in [-0.3, -0.25) is 0 Å². The van der Waals surface area contributed by atoms with Gasteiger partial charge in [0.1, 0.15) is 11.8 Å². The Balaban J connectivity index is 2.03. The van der Waals surface area contributed by atoms with Gasteiger partial charge in [0.15, 0.2) is 0 Å². The molecule has 2 aliphatic rings. The average molecular weight is 287 g/mol. The molecule has 6 heteroatoms. The highest BCUT2D eigenvalue weighted by atomic mass is 19.4. The third-order valence-corrected chi connectivity index (χ3v) is 4.03. The predicted octanol–water partition coefficient (Wildman–Crippen LogP) is 3.52. The summed E-state index contributed by atoms with van der Waals surface area (Å²) in [7, 11) is 1.54. The van der Waals surface area contributed by atoms with Crippen molar-refractivity contribution < 1.29 is 22.6 Å². The number of hydrogen-bond donors (Lipinski definition) is 1. The molecule has 0 saturated carbocycles. The van der Waals surface area contributed by atoms with Gasteiger partial charge in [0.05, 0.1) is 13.2 Å². The summed E-state index contributed by atoms with van der Waals surface area (Å²) in [5.74, 6) is 0.0484. The monoisotopic (exact) mass is 287 g/mol. The first kappa shape index (κ1) is 13.5. The summed E-state index contributed by atoms with van der Waals surface area (Å²) < 4.78 is 50.4. The SMILES string of the molecule is COc1ccc2c(c1)[C@@H]1OCCC[C@@H]1C(C(F)(F)F)N2. The van der Waals surface area contributed by atoms with Gasteiger partial charge in [0.25, 0.3) is 0 Å². The Kier molecular flexibility index (Phi) is 3.28. The second kappa shape index (κ2) is 4.84. The van der Waals surface area contributed by atoms with Crippen LogP contribution in [0.15, 0.2) is 18.2 Å². The second-order valence-electron chi connectivity index (χ2n) is 5.21. The minimum absolute atomic E-state index is 0.483. The van der Waals surface area contributed by atoms with Crippen molar-refractivity contribution in [3.05, 3.63) is 23.8 Å². The molecule has 110 valence electrons. The molecule has 1 unspecified atom stereocenters. The Morgan fingerprint density at radius 1 is 1.35 bits per heavy atom. The van der Waals surface area contributed by atoms with Gasteiger partial charge in [-0.05, 0) is 31.0 Å². The summed E-state index contributed by atoms with van der Waals surface area (Å²) >= 11 is 0. The zero-order chi connectivity index (χ0) is 14.3. The van der Waals surface area contributed by atoms with E-state index in [1.54, 1.807) is 18.2 Å². The maximum atomic E-state index is 13.2. The lowest BCUT2D eigenvalue weighted by molar-refractivity contribution is -0.175. The Morgan fingerprint density at radius 3 is 2.85 bits per heavy atom. The van der Waals surface area contributed by atoms with E-state index in [1.807, 2.05) is 0 Å². The molecule has 1 N–H and O–H groups in total. The van der Waals surface area contributed by atoms with E-state index in [-0.39, 0.29) is 0 Å². The van der Waals surface area contributed by atoms with E-state index in [0.29, 0.717) is 30.9 Å². The normalized spacial score (nSPS) is 29.1. The van der Waals surface area contributed by atoms with Gasteiger partial charge in [-0.25, -0.2) is 0 Å². The first-order valence-corrected chi connectivity index (χ1v) is 6.63. The molecule has 20 heavy (non-hydrogen) atoms. The van der Waals surface area contributed by atoms with Gasteiger partial charge >= 0.3 is 6.18 Å². The highest BCUT2D eigenvalue weighted by Gasteiger charge is 2.51. The molecule has 0 amide bonds. The molecule has 3 nitrogen and oxygen atoms in total. The van der Waals surface area contributed by atoms with Gasteiger partial charge in [-0.15, -0.1) is 0 Å². The molecule has 1 aromatic carbocycles. The van der Waals surface area contributed by atoms with Crippen LogP contribution in [0.25, 0.3) is 0 Å². The molecule has 1 aromatic rings. The fourth-order valence-electron chi connectivity index (χ4n) is 3.10. The molecule has 0 spiro atoms. The number of rotatable bonds is 1. The number of hydrogen-bond acceptors (Lipinski definition) is 3. The quantitative estimate of drug-likeness (QED) is 0.857. The molecule has 3 rings (SSSR count). The topological polar surface area (TPSA) is 30.5 Å². The fraction of sp³-hybridized carbons (Fsp3) is 0.571. The number of fused-ring (bicyclic) bond motifs is 3. The predicted molar refractivity (Wildman–Crippen MR) is 67.9 cm³/mol. The Hall–Kier alpha value is -1.43. The second-order valence-corrected chi connectivity index (χ2v) is 5.21. The van der Waals surface area contributed by atoms with Crippen LogP contribution in [0.3, 0.4) is 0 Å². The van der Waals surface area contributed by atoms with Crippen LogP contribution in [0.4, 0.5) is 18.9 Å². The Bertz CT molecular complexity index is 504. The molecule has 1 saturated heterocycles. The first-order chi connectivity index (χ1) is 9.50. The lowest BCUT2D eigenvalue weighted by Gasteiger charge is -2.43. The van der Waals surface area contributed by atoms with Crippen molar-refractivity contribution in [3.8, 4) is 5.75 Å². The van der Waals surface area contributed by atoms with Crippen LogP contribution in [0, 0.1) is 5.92 Å². The van der Waals surface area contributed by atoms with E-state index in [0.717, 1.165) is 5.56 Å². The molecule has 0 aliphatic carbocycles. The molecular formula is C14H16F3NO2. The highest BCUT2D eigenvalue weighted by Crippen LogP contribution is 2.48. The molecular weight excluding hydrogens is 271 g/mol. The fourth-order valence-corrected chi connectivity index (χ4v) is 3.10. The molecule has 3 atom stereocenters. The van der Waals surface area contributed by atoms with Gasteiger partial charge in [-0.2, -0.15) is 13.2 Å². The minimum Gasteiger partial charge on any atom is -0.497 e. The summed E-state index contributed by atoms with van der Waals surface area (Å²) in [6.07, 6.45) is -3.62. The van der Waals surface area contributed by atoms with Gasteiger partial charge in [0.2, 0.25) is 0 Å². The van der Waals surface area contributed by atoms with Gasteiger partial charge < -0.3 is 14.8 Å². The van der Waals surface area contributed by atoms with Crippen LogP contribution in [-0.2, 0) is 4.74 Å². The average Bonchev–Trinajstić information content (AvgIpc) is 2.44. The van der Waals surface area contributed by atoms with Crippen LogP contribution in [0.1, 0.15) is 24.5 Å². The molecule has 2 heterocycles. The molecule has 1 fully saturated rings. The smallest absolute Gasteiger partial charge is 0.408 e. The maximum Gasteiger partial charge on any atom is 0.408 e. The number of nitrogens with one attached hydrogen (secondary N) is 1. The van der Waals surface area contributed by atoms with E-state index in [2.05, 4.69) is 5.32 Å². The standard InChI is InChI=1S/C14H16F3NO2/c1-19-8-4-5-11-10(7-8)12-9(3-2-6-20-12)13(18-11)14(15,16)17/h4-5,7,9,12-13,18H,2-3,6H2,1H3/t9-,12+,13?/m0/s1. The molecule has 0 aromatic heterocycles.